The molecule has 1 aliphatic rings. The molecule has 1 unspecified atom stereocenters. The third kappa shape index (κ3) is 5.20. The monoisotopic (exact) mass is 453 g/mol. The predicted molar refractivity (Wildman–Crippen MR) is 118 cm³/mol. The fourth-order valence-corrected chi connectivity index (χ4v) is 4.17. The summed E-state index contributed by atoms with van der Waals surface area (Å²) in [5, 5.41) is 13.6. The van der Waals surface area contributed by atoms with Gasteiger partial charge in [0.1, 0.15) is 5.76 Å². The summed E-state index contributed by atoms with van der Waals surface area (Å²) in [5.41, 5.74) is 1.73. The molecule has 10 heteroatoms. The van der Waals surface area contributed by atoms with Crippen molar-refractivity contribution in [2.75, 3.05) is 18.4 Å². The number of piperidine rings is 1. The SMILES string of the molecule is Cc1ccc(NC(=O)c2nnc(C(=O)N3CCCC(C(=O)NCc4ccco4)C3)s2)cc1. The van der Waals surface area contributed by atoms with Crippen molar-refractivity contribution in [3.8, 4) is 0 Å². The van der Waals surface area contributed by atoms with Gasteiger partial charge in [-0.3, -0.25) is 14.4 Å². The van der Waals surface area contributed by atoms with Crippen molar-refractivity contribution in [2.45, 2.75) is 26.3 Å². The van der Waals surface area contributed by atoms with Crippen LogP contribution in [0.3, 0.4) is 0 Å². The van der Waals surface area contributed by atoms with Crippen molar-refractivity contribution >= 4 is 34.7 Å². The molecule has 0 saturated carbocycles. The number of benzene rings is 1. The molecule has 0 radical (unpaired) electrons. The summed E-state index contributed by atoms with van der Waals surface area (Å²) >= 11 is 0.945. The zero-order valence-electron chi connectivity index (χ0n) is 17.5. The van der Waals surface area contributed by atoms with Crippen LogP contribution >= 0.6 is 11.3 Å². The number of anilines is 1. The second-order valence-electron chi connectivity index (χ2n) is 7.62. The average Bonchev–Trinajstić information content (AvgIpc) is 3.51. The van der Waals surface area contributed by atoms with E-state index in [1.807, 2.05) is 19.1 Å². The van der Waals surface area contributed by atoms with Gasteiger partial charge in [-0.05, 0) is 44.0 Å². The Balaban J connectivity index is 1.34. The standard InChI is InChI=1S/C22H23N5O4S/c1-14-6-8-16(9-7-14)24-19(29)20-25-26-21(32-20)22(30)27-10-2-4-15(13-27)18(28)23-12-17-5-3-11-31-17/h3,5-9,11,15H,2,4,10,12-13H2,1H3,(H,23,28)(H,24,29). The number of nitrogens with zero attached hydrogens (tertiary/aromatic N) is 3. The number of carbonyl (C=O) groups is 3. The molecule has 1 fully saturated rings. The molecular formula is C22H23N5O4S. The molecular weight excluding hydrogens is 430 g/mol. The molecule has 1 atom stereocenters. The fourth-order valence-electron chi connectivity index (χ4n) is 3.47. The zero-order valence-corrected chi connectivity index (χ0v) is 18.4. The molecule has 3 amide bonds. The molecule has 32 heavy (non-hydrogen) atoms. The summed E-state index contributed by atoms with van der Waals surface area (Å²) in [4.78, 5) is 39.4. The maximum atomic E-state index is 12.9. The number of amides is 3. The fraction of sp³-hybridized carbons (Fsp3) is 0.318. The molecule has 3 aromatic rings. The molecule has 1 aromatic carbocycles. The first kappa shape index (κ1) is 21.7. The van der Waals surface area contributed by atoms with E-state index in [1.165, 1.54) is 0 Å². The highest BCUT2D eigenvalue weighted by Crippen LogP contribution is 2.21. The van der Waals surface area contributed by atoms with Crippen LogP contribution in [0.5, 0.6) is 0 Å². The van der Waals surface area contributed by atoms with Crippen molar-refractivity contribution < 1.29 is 18.8 Å². The minimum Gasteiger partial charge on any atom is -0.467 e. The molecule has 4 rings (SSSR count). The van der Waals surface area contributed by atoms with Crippen LogP contribution in [0.15, 0.2) is 47.1 Å². The summed E-state index contributed by atoms with van der Waals surface area (Å²) in [6.45, 7) is 3.10. The van der Waals surface area contributed by atoms with E-state index in [-0.39, 0.29) is 27.7 Å². The Morgan fingerprint density at radius 2 is 1.94 bits per heavy atom. The van der Waals surface area contributed by atoms with Gasteiger partial charge in [-0.2, -0.15) is 0 Å². The molecule has 9 nitrogen and oxygen atoms in total. The Hall–Kier alpha value is -3.53. The van der Waals surface area contributed by atoms with Gasteiger partial charge in [0.2, 0.25) is 15.9 Å². The average molecular weight is 454 g/mol. The Labute approximate surface area is 188 Å². The number of rotatable bonds is 6. The smallest absolute Gasteiger partial charge is 0.286 e. The van der Waals surface area contributed by atoms with Crippen LogP contribution < -0.4 is 10.6 Å². The highest BCUT2D eigenvalue weighted by atomic mass is 32.1. The van der Waals surface area contributed by atoms with Crippen LogP contribution in [0.1, 0.15) is 43.8 Å². The lowest BCUT2D eigenvalue weighted by Gasteiger charge is -2.31. The highest BCUT2D eigenvalue weighted by molar-refractivity contribution is 7.15. The number of hydrogen-bond acceptors (Lipinski definition) is 7. The largest absolute Gasteiger partial charge is 0.467 e. The van der Waals surface area contributed by atoms with Crippen molar-refractivity contribution in [1.29, 1.82) is 0 Å². The lowest BCUT2D eigenvalue weighted by atomic mass is 9.97. The first-order chi connectivity index (χ1) is 15.5. The number of aromatic nitrogens is 2. The van der Waals surface area contributed by atoms with E-state index in [1.54, 1.807) is 35.4 Å². The van der Waals surface area contributed by atoms with Gasteiger partial charge in [-0.15, -0.1) is 10.2 Å². The van der Waals surface area contributed by atoms with Gasteiger partial charge in [0.15, 0.2) is 0 Å². The third-order valence-electron chi connectivity index (χ3n) is 5.21. The number of likely N-dealkylation sites (tertiary alicyclic amines) is 1. The van der Waals surface area contributed by atoms with E-state index >= 15 is 0 Å². The maximum Gasteiger partial charge on any atom is 0.286 e. The topological polar surface area (TPSA) is 117 Å². The summed E-state index contributed by atoms with van der Waals surface area (Å²) in [6, 6.07) is 10.9. The van der Waals surface area contributed by atoms with E-state index in [0.29, 0.717) is 43.9 Å². The quantitative estimate of drug-likeness (QED) is 0.593. The molecule has 0 bridgehead atoms. The highest BCUT2D eigenvalue weighted by Gasteiger charge is 2.31. The van der Waals surface area contributed by atoms with Gasteiger partial charge >= 0.3 is 0 Å². The summed E-state index contributed by atoms with van der Waals surface area (Å²) in [7, 11) is 0. The van der Waals surface area contributed by atoms with Gasteiger partial charge < -0.3 is 20.0 Å². The first-order valence-corrected chi connectivity index (χ1v) is 11.1. The number of furan rings is 1. The minimum atomic E-state index is -0.417. The van der Waals surface area contributed by atoms with Crippen LogP contribution in [0.2, 0.25) is 0 Å². The molecule has 3 heterocycles. The molecule has 2 N–H and O–H groups in total. The summed E-state index contributed by atoms with van der Waals surface area (Å²) < 4.78 is 5.23. The molecule has 2 aromatic heterocycles. The van der Waals surface area contributed by atoms with Crippen molar-refractivity contribution in [3.05, 3.63) is 64.0 Å². The van der Waals surface area contributed by atoms with Gasteiger partial charge in [0, 0.05) is 18.8 Å². The Morgan fingerprint density at radius 3 is 2.69 bits per heavy atom. The van der Waals surface area contributed by atoms with E-state index in [4.69, 9.17) is 4.42 Å². The Bertz CT molecular complexity index is 1090. The number of aryl methyl sites for hydroxylation is 1. The van der Waals surface area contributed by atoms with Gasteiger partial charge in [0.05, 0.1) is 18.7 Å². The van der Waals surface area contributed by atoms with E-state index in [0.717, 1.165) is 16.9 Å². The van der Waals surface area contributed by atoms with E-state index in [9.17, 15) is 14.4 Å². The number of hydrogen-bond donors (Lipinski definition) is 2. The van der Waals surface area contributed by atoms with Crippen molar-refractivity contribution in [2.24, 2.45) is 5.92 Å². The van der Waals surface area contributed by atoms with E-state index in [2.05, 4.69) is 20.8 Å². The summed E-state index contributed by atoms with van der Waals surface area (Å²) in [5.74, 6) is -0.485. The number of carbonyl (C=O) groups excluding carboxylic acids is 3. The first-order valence-electron chi connectivity index (χ1n) is 10.3. The van der Waals surface area contributed by atoms with Crippen LogP contribution in [0, 0.1) is 12.8 Å². The second-order valence-corrected chi connectivity index (χ2v) is 8.60. The molecule has 1 saturated heterocycles. The third-order valence-corrected chi connectivity index (χ3v) is 6.12. The molecule has 166 valence electrons. The minimum absolute atomic E-state index is 0.110. The number of nitrogens with one attached hydrogen (secondary N) is 2. The normalized spacial score (nSPS) is 15.9. The molecule has 0 aliphatic carbocycles. The second kappa shape index (κ2) is 9.73. The van der Waals surface area contributed by atoms with Gasteiger partial charge in [-0.25, -0.2) is 0 Å². The summed E-state index contributed by atoms with van der Waals surface area (Å²) in [6.07, 6.45) is 2.97. The van der Waals surface area contributed by atoms with E-state index < -0.39 is 5.91 Å². The zero-order chi connectivity index (χ0) is 22.5. The maximum absolute atomic E-state index is 12.9. The van der Waals surface area contributed by atoms with Crippen molar-refractivity contribution in [3.63, 3.8) is 0 Å². The lowest BCUT2D eigenvalue weighted by molar-refractivity contribution is -0.126. The Morgan fingerprint density at radius 1 is 1.16 bits per heavy atom. The van der Waals surface area contributed by atoms with Crippen molar-refractivity contribution in [1.82, 2.24) is 20.4 Å². The predicted octanol–water partition coefficient (Wildman–Crippen LogP) is 2.86. The Kier molecular flexibility index (Phi) is 6.60. The molecule has 1 aliphatic heterocycles. The van der Waals surface area contributed by atoms with Crippen LogP contribution in [0.25, 0.3) is 0 Å². The van der Waals surface area contributed by atoms with Crippen LogP contribution in [0.4, 0.5) is 5.69 Å². The van der Waals surface area contributed by atoms with Gasteiger partial charge in [-0.1, -0.05) is 29.0 Å². The van der Waals surface area contributed by atoms with Gasteiger partial charge in [0.25, 0.3) is 11.8 Å². The van der Waals surface area contributed by atoms with Crippen LogP contribution in [-0.4, -0.2) is 45.9 Å². The molecule has 0 spiro atoms. The van der Waals surface area contributed by atoms with Crippen LogP contribution in [-0.2, 0) is 11.3 Å². The lowest BCUT2D eigenvalue weighted by Crippen LogP contribution is -2.45.